The second kappa shape index (κ2) is 9.17. The van der Waals surface area contributed by atoms with Crippen LogP contribution in [0.25, 0.3) is 0 Å². The van der Waals surface area contributed by atoms with Crippen molar-refractivity contribution in [1.29, 1.82) is 0 Å². The number of benzene rings is 1. The molecule has 1 aromatic rings. The third-order valence-corrected chi connectivity index (χ3v) is 4.02. The molecule has 6 nitrogen and oxygen atoms in total. The molecule has 0 saturated carbocycles. The van der Waals surface area contributed by atoms with Gasteiger partial charge in [0, 0.05) is 36.8 Å². The number of nitrogens with zero attached hydrogens (tertiary/aromatic N) is 1. The van der Waals surface area contributed by atoms with Crippen LogP contribution in [-0.2, 0) is 9.53 Å². The van der Waals surface area contributed by atoms with Gasteiger partial charge in [-0.25, -0.2) is 0 Å². The number of thiocarbonyl (C=S) groups is 1. The van der Waals surface area contributed by atoms with Crippen LogP contribution in [0.4, 0.5) is 5.69 Å². The van der Waals surface area contributed by atoms with Crippen LogP contribution in [0.1, 0.15) is 20.3 Å². The number of carbonyl (C=O) groups excluding carboxylic acids is 1. The molecule has 3 N–H and O–H groups in total. The highest BCUT2D eigenvalue weighted by Gasteiger charge is 2.22. The summed E-state index contributed by atoms with van der Waals surface area (Å²) in [7, 11) is 0. The molecule has 2 rings (SSSR count). The number of rotatable bonds is 4. The molecule has 0 unspecified atom stereocenters. The van der Waals surface area contributed by atoms with Crippen LogP contribution >= 0.6 is 23.8 Å². The number of carbonyl (C=O) groups is 1. The fourth-order valence-electron chi connectivity index (χ4n) is 2.61. The number of ether oxygens (including phenoxy) is 1. The number of anilines is 1. The van der Waals surface area contributed by atoms with E-state index in [9.17, 15) is 4.79 Å². The molecule has 1 aliphatic rings. The van der Waals surface area contributed by atoms with E-state index in [0.29, 0.717) is 23.1 Å². The van der Waals surface area contributed by atoms with Crippen molar-refractivity contribution in [3.63, 3.8) is 0 Å². The maximum absolute atomic E-state index is 11.9. The van der Waals surface area contributed by atoms with Crippen molar-refractivity contribution in [2.45, 2.75) is 32.5 Å². The first-order valence-electron chi connectivity index (χ1n) is 7.91. The van der Waals surface area contributed by atoms with Gasteiger partial charge >= 0.3 is 0 Å². The number of nitrogens with one attached hydrogen (secondary N) is 3. The molecule has 1 saturated heterocycles. The molecule has 1 aromatic carbocycles. The third-order valence-electron chi connectivity index (χ3n) is 3.57. The lowest BCUT2D eigenvalue weighted by molar-refractivity contribution is -0.123. The minimum Gasteiger partial charge on any atom is -0.373 e. The molecule has 1 fully saturated rings. The van der Waals surface area contributed by atoms with E-state index in [1.54, 1.807) is 24.3 Å². The molecule has 24 heavy (non-hydrogen) atoms. The zero-order chi connectivity index (χ0) is 17.5. The normalized spacial score (nSPS) is 21.1. The predicted octanol–water partition coefficient (Wildman–Crippen LogP) is 2.16. The average molecular weight is 371 g/mol. The number of hydrogen-bond acceptors (Lipinski definition) is 4. The summed E-state index contributed by atoms with van der Waals surface area (Å²) in [4.78, 5) is 14.2. The summed E-state index contributed by atoms with van der Waals surface area (Å²) in [5, 5.41) is 3.93. The molecule has 0 aliphatic carbocycles. The summed E-state index contributed by atoms with van der Waals surface area (Å²) in [5.74, 6) is -0.109. The van der Waals surface area contributed by atoms with Crippen molar-refractivity contribution in [2.24, 2.45) is 0 Å². The van der Waals surface area contributed by atoms with E-state index in [0.717, 1.165) is 18.8 Å². The van der Waals surface area contributed by atoms with Crippen LogP contribution in [0, 0.1) is 0 Å². The first kappa shape index (κ1) is 18.9. The van der Waals surface area contributed by atoms with E-state index in [4.69, 9.17) is 28.6 Å². The quantitative estimate of drug-likeness (QED) is 0.557. The Morgan fingerprint density at radius 1 is 1.25 bits per heavy atom. The van der Waals surface area contributed by atoms with Gasteiger partial charge < -0.3 is 10.1 Å². The van der Waals surface area contributed by atoms with Crippen molar-refractivity contribution >= 4 is 40.5 Å². The van der Waals surface area contributed by atoms with Gasteiger partial charge in [-0.1, -0.05) is 11.6 Å². The highest BCUT2D eigenvalue weighted by molar-refractivity contribution is 7.80. The zero-order valence-corrected chi connectivity index (χ0v) is 15.4. The number of hydrogen-bond donors (Lipinski definition) is 3. The highest BCUT2D eigenvalue weighted by atomic mass is 35.5. The van der Waals surface area contributed by atoms with Gasteiger partial charge in [-0.15, -0.1) is 0 Å². The summed E-state index contributed by atoms with van der Waals surface area (Å²) in [5.41, 5.74) is 6.09. The Balaban J connectivity index is 1.65. The minimum atomic E-state index is -0.109. The Kier molecular flexibility index (Phi) is 7.23. The molecule has 1 amide bonds. The molecule has 8 heteroatoms. The summed E-state index contributed by atoms with van der Waals surface area (Å²) in [6.45, 7) is 6.49. The topological polar surface area (TPSA) is 65.6 Å². The Bertz CT molecular complexity index is 560. The van der Waals surface area contributed by atoms with Crippen LogP contribution in [0.3, 0.4) is 0 Å². The summed E-state index contributed by atoms with van der Waals surface area (Å²) in [6.07, 6.45) is 0.799. The van der Waals surface area contributed by atoms with Gasteiger partial charge in [0.25, 0.3) is 0 Å². The Morgan fingerprint density at radius 2 is 1.88 bits per heavy atom. The molecule has 0 radical (unpaired) electrons. The first-order valence-corrected chi connectivity index (χ1v) is 8.70. The number of morpholine rings is 1. The Hall–Kier alpha value is -1.41. The van der Waals surface area contributed by atoms with Gasteiger partial charge in [0.05, 0.1) is 12.2 Å². The second-order valence-electron chi connectivity index (χ2n) is 5.90. The Labute approximate surface area is 152 Å². The fourth-order valence-corrected chi connectivity index (χ4v) is 2.91. The lowest BCUT2D eigenvalue weighted by atomic mass is 10.2. The number of hydrazine groups is 1. The van der Waals surface area contributed by atoms with E-state index in [2.05, 4.69) is 21.1 Å². The predicted molar refractivity (Wildman–Crippen MR) is 100 cm³/mol. The van der Waals surface area contributed by atoms with Crippen LogP contribution in [0.15, 0.2) is 24.3 Å². The van der Waals surface area contributed by atoms with Gasteiger partial charge in [0.2, 0.25) is 5.91 Å². The molecular weight excluding hydrogens is 348 g/mol. The van der Waals surface area contributed by atoms with Crippen LogP contribution in [0.2, 0.25) is 5.02 Å². The smallest absolute Gasteiger partial charge is 0.239 e. The molecule has 132 valence electrons. The van der Waals surface area contributed by atoms with Gasteiger partial charge in [0.15, 0.2) is 5.11 Å². The van der Waals surface area contributed by atoms with Crippen molar-refractivity contribution in [3.05, 3.63) is 29.3 Å². The lowest BCUT2D eigenvalue weighted by Gasteiger charge is -2.35. The van der Waals surface area contributed by atoms with E-state index in [1.807, 2.05) is 13.8 Å². The Morgan fingerprint density at radius 3 is 2.50 bits per heavy atom. The van der Waals surface area contributed by atoms with Crippen molar-refractivity contribution in [2.75, 3.05) is 25.0 Å². The average Bonchev–Trinajstić information content (AvgIpc) is 2.52. The maximum atomic E-state index is 11.9. The summed E-state index contributed by atoms with van der Waals surface area (Å²) in [6, 6.07) is 7.13. The van der Waals surface area contributed by atoms with Crippen LogP contribution in [-0.4, -0.2) is 47.8 Å². The van der Waals surface area contributed by atoms with Crippen LogP contribution in [0.5, 0.6) is 0 Å². The second-order valence-corrected chi connectivity index (χ2v) is 6.75. The largest absolute Gasteiger partial charge is 0.373 e. The molecule has 0 spiro atoms. The van der Waals surface area contributed by atoms with Crippen molar-refractivity contribution < 1.29 is 9.53 Å². The van der Waals surface area contributed by atoms with E-state index >= 15 is 0 Å². The van der Waals surface area contributed by atoms with Gasteiger partial charge in [-0.3, -0.25) is 20.5 Å². The molecular formula is C16H23ClN4O2S. The molecule has 2 atom stereocenters. The highest BCUT2D eigenvalue weighted by Crippen LogP contribution is 2.13. The first-order chi connectivity index (χ1) is 11.4. The SMILES string of the molecule is C[C@@H]1CN(CCC(=O)NNC(=S)Nc2ccc(Cl)cc2)C[C@@H](C)O1. The monoisotopic (exact) mass is 370 g/mol. The maximum Gasteiger partial charge on any atom is 0.239 e. The molecule has 0 bridgehead atoms. The molecule has 1 aliphatic heterocycles. The standard InChI is InChI=1S/C16H23ClN4O2S/c1-11-9-21(10-12(2)23-11)8-7-15(22)19-20-16(24)18-14-5-3-13(17)4-6-14/h3-6,11-12H,7-10H2,1-2H3,(H,19,22)(H2,18,20,24)/t11-,12-/m1/s1. The van der Waals surface area contributed by atoms with Gasteiger partial charge in [0.1, 0.15) is 0 Å². The van der Waals surface area contributed by atoms with Crippen molar-refractivity contribution in [1.82, 2.24) is 15.8 Å². The van der Waals surface area contributed by atoms with E-state index < -0.39 is 0 Å². The van der Waals surface area contributed by atoms with Crippen LogP contribution < -0.4 is 16.2 Å². The molecule has 0 aromatic heterocycles. The lowest BCUT2D eigenvalue weighted by Crippen LogP contribution is -2.48. The number of halogens is 1. The summed E-state index contributed by atoms with van der Waals surface area (Å²) >= 11 is 11.0. The molecule has 1 heterocycles. The third kappa shape index (κ3) is 6.60. The van der Waals surface area contributed by atoms with E-state index in [1.165, 1.54) is 0 Å². The number of amides is 1. The van der Waals surface area contributed by atoms with Gasteiger partial charge in [-0.05, 0) is 50.3 Å². The zero-order valence-electron chi connectivity index (χ0n) is 13.8. The van der Waals surface area contributed by atoms with E-state index in [-0.39, 0.29) is 18.1 Å². The fraction of sp³-hybridized carbons (Fsp3) is 0.500. The van der Waals surface area contributed by atoms with Gasteiger partial charge in [-0.2, -0.15) is 0 Å². The van der Waals surface area contributed by atoms with Crippen molar-refractivity contribution in [3.8, 4) is 0 Å². The summed E-state index contributed by atoms with van der Waals surface area (Å²) < 4.78 is 5.68. The minimum absolute atomic E-state index is 0.109.